The summed E-state index contributed by atoms with van der Waals surface area (Å²) in [5.74, 6) is 0.168. The number of amides is 1. The molecule has 98 valence electrons. The molecule has 3 nitrogen and oxygen atoms in total. The van der Waals surface area contributed by atoms with Crippen molar-refractivity contribution in [1.29, 1.82) is 0 Å². The Morgan fingerprint density at radius 3 is 2.83 bits per heavy atom. The minimum Gasteiger partial charge on any atom is -0.334 e. The van der Waals surface area contributed by atoms with E-state index in [-0.39, 0.29) is 18.0 Å². The van der Waals surface area contributed by atoms with E-state index in [0.29, 0.717) is 6.42 Å². The van der Waals surface area contributed by atoms with Crippen molar-refractivity contribution in [1.82, 2.24) is 4.90 Å². The Hall–Kier alpha value is -0.870. The van der Waals surface area contributed by atoms with Gasteiger partial charge in [-0.05, 0) is 30.5 Å². The van der Waals surface area contributed by atoms with Gasteiger partial charge in [-0.3, -0.25) is 4.79 Å². The Bertz CT molecular complexity index is 461. The molecular weight excluding hydrogens is 292 g/mol. The number of carbonyl (C=O) groups excluding carboxylic acids is 1. The SMILES string of the molecule is CCCN1C(=O)CC(N)C1c1ccc(C)cc1Br. The highest BCUT2D eigenvalue weighted by molar-refractivity contribution is 9.10. The lowest BCUT2D eigenvalue weighted by Crippen LogP contribution is -2.33. The lowest BCUT2D eigenvalue weighted by molar-refractivity contribution is -0.129. The highest BCUT2D eigenvalue weighted by Gasteiger charge is 2.38. The maximum atomic E-state index is 12.0. The highest BCUT2D eigenvalue weighted by atomic mass is 79.9. The summed E-state index contributed by atoms with van der Waals surface area (Å²) in [5, 5.41) is 0. The number of nitrogens with two attached hydrogens (primary N) is 1. The fourth-order valence-electron chi connectivity index (χ4n) is 2.59. The van der Waals surface area contributed by atoms with Crippen LogP contribution in [0.5, 0.6) is 0 Å². The molecule has 1 aromatic rings. The largest absolute Gasteiger partial charge is 0.334 e. The molecule has 1 amide bonds. The van der Waals surface area contributed by atoms with Gasteiger partial charge in [0.2, 0.25) is 5.91 Å². The molecule has 0 bridgehead atoms. The summed E-state index contributed by atoms with van der Waals surface area (Å²) in [5.41, 5.74) is 8.46. The highest BCUT2D eigenvalue weighted by Crippen LogP contribution is 2.36. The number of halogens is 1. The molecule has 0 saturated carbocycles. The summed E-state index contributed by atoms with van der Waals surface area (Å²) in [7, 11) is 0. The van der Waals surface area contributed by atoms with E-state index in [2.05, 4.69) is 48.0 Å². The molecule has 2 unspecified atom stereocenters. The van der Waals surface area contributed by atoms with Crippen LogP contribution in [0.3, 0.4) is 0 Å². The fourth-order valence-corrected chi connectivity index (χ4v) is 3.32. The number of hydrogen-bond acceptors (Lipinski definition) is 2. The molecule has 0 aromatic heterocycles. The van der Waals surface area contributed by atoms with Gasteiger partial charge < -0.3 is 10.6 Å². The lowest BCUT2D eigenvalue weighted by atomic mass is 9.99. The smallest absolute Gasteiger partial charge is 0.224 e. The number of benzene rings is 1. The van der Waals surface area contributed by atoms with Gasteiger partial charge in [-0.2, -0.15) is 0 Å². The Morgan fingerprint density at radius 2 is 2.22 bits per heavy atom. The summed E-state index contributed by atoms with van der Waals surface area (Å²) in [6.45, 7) is 4.91. The summed E-state index contributed by atoms with van der Waals surface area (Å²) in [6.07, 6.45) is 1.41. The van der Waals surface area contributed by atoms with E-state index in [0.717, 1.165) is 23.0 Å². The van der Waals surface area contributed by atoms with Gasteiger partial charge in [0.25, 0.3) is 0 Å². The minimum absolute atomic E-state index is 0.00687. The van der Waals surface area contributed by atoms with Crippen LogP contribution in [0.4, 0.5) is 0 Å². The first-order valence-electron chi connectivity index (χ1n) is 6.35. The first-order valence-corrected chi connectivity index (χ1v) is 7.15. The van der Waals surface area contributed by atoms with E-state index in [1.165, 1.54) is 5.56 Å². The van der Waals surface area contributed by atoms with E-state index < -0.39 is 0 Å². The molecule has 4 heteroatoms. The van der Waals surface area contributed by atoms with Crippen molar-refractivity contribution < 1.29 is 4.79 Å². The minimum atomic E-state index is -0.108. The molecule has 2 rings (SSSR count). The Kier molecular flexibility index (Phi) is 4.07. The molecule has 0 radical (unpaired) electrons. The number of carbonyl (C=O) groups is 1. The van der Waals surface area contributed by atoms with E-state index in [9.17, 15) is 4.79 Å². The molecule has 0 spiro atoms. The number of likely N-dealkylation sites (tertiary alicyclic amines) is 1. The number of aryl methyl sites for hydroxylation is 1. The van der Waals surface area contributed by atoms with Gasteiger partial charge in [0.05, 0.1) is 6.04 Å². The Labute approximate surface area is 116 Å². The molecule has 0 aliphatic carbocycles. The van der Waals surface area contributed by atoms with Crippen molar-refractivity contribution in [3.63, 3.8) is 0 Å². The van der Waals surface area contributed by atoms with Crippen molar-refractivity contribution in [3.05, 3.63) is 33.8 Å². The molecule has 1 fully saturated rings. The first kappa shape index (κ1) is 13.6. The third-order valence-corrected chi connectivity index (χ3v) is 4.10. The average Bonchev–Trinajstić information content (AvgIpc) is 2.56. The molecule has 18 heavy (non-hydrogen) atoms. The monoisotopic (exact) mass is 310 g/mol. The molecule has 1 aromatic carbocycles. The van der Waals surface area contributed by atoms with E-state index in [4.69, 9.17) is 5.73 Å². The standard InChI is InChI=1S/C14H19BrN2O/c1-3-6-17-13(18)8-12(16)14(17)10-5-4-9(2)7-11(10)15/h4-5,7,12,14H,3,6,8,16H2,1-2H3. The van der Waals surface area contributed by atoms with E-state index in [1.54, 1.807) is 0 Å². The molecule has 1 aliphatic heterocycles. The van der Waals surface area contributed by atoms with Crippen LogP contribution in [0.2, 0.25) is 0 Å². The van der Waals surface area contributed by atoms with Gasteiger partial charge in [-0.25, -0.2) is 0 Å². The van der Waals surface area contributed by atoms with Crippen molar-refractivity contribution in [2.24, 2.45) is 5.73 Å². The van der Waals surface area contributed by atoms with Crippen LogP contribution in [0.15, 0.2) is 22.7 Å². The molecular formula is C14H19BrN2O. The molecule has 2 N–H and O–H groups in total. The Morgan fingerprint density at radius 1 is 1.50 bits per heavy atom. The topological polar surface area (TPSA) is 46.3 Å². The summed E-state index contributed by atoms with van der Waals surface area (Å²) in [6, 6.07) is 6.12. The number of rotatable bonds is 3. The summed E-state index contributed by atoms with van der Waals surface area (Å²) < 4.78 is 1.04. The van der Waals surface area contributed by atoms with Crippen LogP contribution in [-0.2, 0) is 4.79 Å². The van der Waals surface area contributed by atoms with Crippen molar-refractivity contribution in [2.75, 3.05) is 6.54 Å². The maximum Gasteiger partial charge on any atom is 0.224 e. The zero-order valence-electron chi connectivity index (χ0n) is 10.8. The van der Waals surface area contributed by atoms with Gasteiger partial charge in [-0.15, -0.1) is 0 Å². The van der Waals surface area contributed by atoms with E-state index >= 15 is 0 Å². The second-order valence-corrected chi connectivity index (χ2v) is 5.78. The normalized spacial score (nSPS) is 23.8. The molecule has 2 atom stereocenters. The summed E-state index contributed by atoms with van der Waals surface area (Å²) in [4.78, 5) is 13.9. The second kappa shape index (κ2) is 5.41. The average molecular weight is 311 g/mol. The molecule has 1 saturated heterocycles. The van der Waals surface area contributed by atoms with Crippen LogP contribution in [0, 0.1) is 6.92 Å². The zero-order valence-corrected chi connectivity index (χ0v) is 12.4. The fraction of sp³-hybridized carbons (Fsp3) is 0.500. The predicted octanol–water partition coefficient (Wildman–Crippen LogP) is 2.77. The maximum absolute atomic E-state index is 12.0. The van der Waals surface area contributed by atoms with Crippen molar-refractivity contribution in [2.45, 2.75) is 38.8 Å². The third kappa shape index (κ3) is 2.45. The molecule has 1 aliphatic rings. The predicted molar refractivity (Wildman–Crippen MR) is 76.2 cm³/mol. The van der Waals surface area contributed by atoms with Gasteiger partial charge in [0, 0.05) is 23.5 Å². The van der Waals surface area contributed by atoms with Gasteiger partial charge in [-0.1, -0.05) is 35.0 Å². The van der Waals surface area contributed by atoms with Crippen LogP contribution in [0.1, 0.15) is 36.9 Å². The zero-order chi connectivity index (χ0) is 13.3. The lowest BCUT2D eigenvalue weighted by Gasteiger charge is -2.28. The van der Waals surface area contributed by atoms with Crippen LogP contribution in [0.25, 0.3) is 0 Å². The summed E-state index contributed by atoms with van der Waals surface area (Å²) >= 11 is 3.59. The van der Waals surface area contributed by atoms with Crippen molar-refractivity contribution in [3.8, 4) is 0 Å². The van der Waals surface area contributed by atoms with Crippen LogP contribution < -0.4 is 5.73 Å². The van der Waals surface area contributed by atoms with Gasteiger partial charge >= 0.3 is 0 Å². The molecule has 1 heterocycles. The van der Waals surface area contributed by atoms with Gasteiger partial charge in [0.1, 0.15) is 0 Å². The quantitative estimate of drug-likeness (QED) is 0.933. The number of hydrogen-bond donors (Lipinski definition) is 1. The Balaban J connectivity index is 2.37. The van der Waals surface area contributed by atoms with Crippen LogP contribution in [-0.4, -0.2) is 23.4 Å². The number of nitrogens with zero attached hydrogens (tertiary/aromatic N) is 1. The van der Waals surface area contributed by atoms with Crippen LogP contribution >= 0.6 is 15.9 Å². The van der Waals surface area contributed by atoms with Gasteiger partial charge in [0.15, 0.2) is 0 Å². The third-order valence-electron chi connectivity index (χ3n) is 3.41. The second-order valence-electron chi connectivity index (χ2n) is 4.92. The van der Waals surface area contributed by atoms with Crippen molar-refractivity contribution >= 4 is 21.8 Å². The first-order chi connectivity index (χ1) is 8.54. The van der Waals surface area contributed by atoms with E-state index in [1.807, 2.05) is 4.90 Å².